The molecule has 0 fully saturated rings. The first-order valence-corrected chi connectivity index (χ1v) is 16.4. The van der Waals surface area contributed by atoms with E-state index in [9.17, 15) is 0 Å². The van der Waals surface area contributed by atoms with E-state index < -0.39 is 0 Å². The highest BCUT2D eigenvalue weighted by Crippen LogP contribution is 2.40. The van der Waals surface area contributed by atoms with E-state index in [1.54, 1.807) is 0 Å². The quantitative estimate of drug-likeness (QED) is 0.141. The maximum Gasteiger partial charge on any atom is 0.0671 e. The Labute approximate surface area is 281 Å². The van der Waals surface area contributed by atoms with Crippen molar-refractivity contribution in [3.8, 4) is 22.3 Å². The summed E-state index contributed by atoms with van der Waals surface area (Å²) < 4.78 is 0. The first kappa shape index (κ1) is 29.2. The molecule has 0 aliphatic carbocycles. The Kier molecular flexibility index (Phi) is 7.82. The fourth-order valence-electron chi connectivity index (χ4n) is 6.78. The summed E-state index contributed by atoms with van der Waals surface area (Å²) in [5.74, 6) is 0. The molecule has 0 spiro atoms. The third kappa shape index (κ3) is 5.65. The largest absolute Gasteiger partial charge is 0.398 e. The first-order valence-electron chi connectivity index (χ1n) is 16.4. The molecule has 2 heteroatoms. The number of hydrogen-bond acceptors (Lipinski definition) is 2. The minimum Gasteiger partial charge on any atom is -0.398 e. The van der Waals surface area contributed by atoms with Crippen LogP contribution < -0.4 is 5.73 Å². The maximum atomic E-state index is 6.54. The number of rotatable bonds is 7. The number of aliphatic imine (C=N–C) groups is 1. The molecule has 2 N–H and O–H groups in total. The van der Waals surface area contributed by atoms with Crippen molar-refractivity contribution in [3.05, 3.63) is 199 Å². The fraction of sp³-hybridized carbons (Fsp3) is 0.0217. The van der Waals surface area contributed by atoms with E-state index in [2.05, 4.69) is 127 Å². The summed E-state index contributed by atoms with van der Waals surface area (Å²) in [6.45, 7) is 0.540. The Morgan fingerprint density at radius 1 is 0.458 bits per heavy atom. The lowest BCUT2D eigenvalue weighted by molar-refractivity contribution is 1.07. The van der Waals surface area contributed by atoms with Crippen LogP contribution in [0.2, 0.25) is 0 Å². The molecule has 0 heterocycles. The maximum absolute atomic E-state index is 6.54. The van der Waals surface area contributed by atoms with Crippen molar-refractivity contribution in [1.82, 2.24) is 0 Å². The van der Waals surface area contributed by atoms with Crippen LogP contribution in [0.5, 0.6) is 0 Å². The van der Waals surface area contributed by atoms with Crippen LogP contribution in [0, 0.1) is 0 Å². The van der Waals surface area contributed by atoms with Gasteiger partial charge < -0.3 is 5.73 Å². The van der Waals surface area contributed by atoms with Gasteiger partial charge in [-0.25, -0.2) is 0 Å². The number of allylic oxidation sites excluding steroid dienone is 1. The van der Waals surface area contributed by atoms with Gasteiger partial charge in [-0.2, -0.15) is 0 Å². The van der Waals surface area contributed by atoms with Crippen LogP contribution >= 0.6 is 0 Å². The molecule has 2 nitrogen and oxygen atoms in total. The Morgan fingerprint density at radius 2 is 0.958 bits per heavy atom. The van der Waals surface area contributed by atoms with Gasteiger partial charge in [0.25, 0.3) is 0 Å². The summed E-state index contributed by atoms with van der Waals surface area (Å²) in [5, 5.41) is 7.72. The topological polar surface area (TPSA) is 38.4 Å². The predicted octanol–water partition coefficient (Wildman–Crippen LogP) is 11.5. The SMILES string of the molecule is N/C(=C\C(=NCc1cccc(-c2cccc(-c3cccc4c5ccccc5c5ccccc5c34)c2)c1)c1ccccc1)c1ccccc1. The molecule has 0 amide bonds. The van der Waals surface area contributed by atoms with Crippen molar-refractivity contribution < 1.29 is 0 Å². The van der Waals surface area contributed by atoms with Crippen LogP contribution in [0.25, 0.3) is 60.3 Å². The number of hydrogen-bond donors (Lipinski definition) is 1. The lowest BCUT2D eigenvalue weighted by Gasteiger charge is -2.15. The van der Waals surface area contributed by atoms with Crippen molar-refractivity contribution in [2.45, 2.75) is 6.54 Å². The van der Waals surface area contributed by atoms with Gasteiger partial charge in [0.05, 0.1) is 12.3 Å². The van der Waals surface area contributed by atoms with Crippen molar-refractivity contribution in [2.24, 2.45) is 10.7 Å². The molecule has 228 valence electrons. The number of nitrogens with zero attached hydrogens (tertiary/aromatic N) is 1. The van der Waals surface area contributed by atoms with Crippen molar-refractivity contribution >= 4 is 43.7 Å². The summed E-state index contributed by atoms with van der Waals surface area (Å²) in [6, 6.07) is 62.1. The molecule has 8 aromatic rings. The zero-order valence-electron chi connectivity index (χ0n) is 26.6. The van der Waals surface area contributed by atoms with Crippen molar-refractivity contribution in [1.29, 1.82) is 0 Å². The molecule has 48 heavy (non-hydrogen) atoms. The van der Waals surface area contributed by atoms with Crippen LogP contribution in [-0.4, -0.2) is 5.71 Å². The molecule has 0 aliphatic rings. The Hall–Kier alpha value is -6.25. The van der Waals surface area contributed by atoms with Gasteiger partial charge in [0.15, 0.2) is 0 Å². The Morgan fingerprint density at radius 3 is 1.65 bits per heavy atom. The second-order valence-corrected chi connectivity index (χ2v) is 12.1. The molecule has 0 aromatic heterocycles. The van der Waals surface area contributed by atoms with E-state index in [4.69, 9.17) is 10.7 Å². The second kappa shape index (κ2) is 12.9. The molecule has 8 aromatic carbocycles. The van der Waals surface area contributed by atoms with E-state index in [1.807, 2.05) is 54.6 Å². The average molecular weight is 615 g/mol. The van der Waals surface area contributed by atoms with Gasteiger partial charge in [0.2, 0.25) is 0 Å². The van der Waals surface area contributed by atoms with E-state index in [-0.39, 0.29) is 0 Å². The molecule has 0 saturated heterocycles. The zero-order chi connectivity index (χ0) is 32.3. The van der Waals surface area contributed by atoms with E-state index in [0.717, 1.165) is 22.4 Å². The van der Waals surface area contributed by atoms with Crippen LogP contribution in [0.4, 0.5) is 0 Å². The monoisotopic (exact) mass is 614 g/mol. The molecule has 0 unspecified atom stereocenters. The predicted molar refractivity (Wildman–Crippen MR) is 205 cm³/mol. The van der Waals surface area contributed by atoms with Crippen LogP contribution in [0.3, 0.4) is 0 Å². The highest BCUT2D eigenvalue weighted by Gasteiger charge is 2.13. The zero-order valence-corrected chi connectivity index (χ0v) is 26.6. The van der Waals surface area contributed by atoms with Gasteiger partial charge >= 0.3 is 0 Å². The Bertz CT molecular complexity index is 2430. The van der Waals surface area contributed by atoms with E-state index >= 15 is 0 Å². The standard InChI is InChI=1S/C46H34N2/c47-44(33-15-3-1-4-16-33)30-45(34-17-5-2-6-18-34)48-31-32-14-11-19-35(28-32)36-20-12-21-37(29-36)38-26-13-27-43-41-23-8-7-22-39(41)40-24-9-10-25-42(40)46(38)43/h1-30H,31,47H2/b44-30-,48-45?. The van der Waals surface area contributed by atoms with Crippen LogP contribution in [0.15, 0.2) is 187 Å². The van der Waals surface area contributed by atoms with Crippen LogP contribution in [0.1, 0.15) is 16.7 Å². The second-order valence-electron chi connectivity index (χ2n) is 12.1. The molecule has 0 saturated carbocycles. The highest BCUT2D eigenvalue weighted by atomic mass is 14.7. The summed E-state index contributed by atoms with van der Waals surface area (Å²) in [6.07, 6.45) is 1.98. The van der Waals surface area contributed by atoms with E-state index in [1.165, 1.54) is 54.6 Å². The third-order valence-corrected chi connectivity index (χ3v) is 9.10. The summed E-state index contributed by atoms with van der Waals surface area (Å²) in [5.41, 5.74) is 16.0. The molecule has 0 radical (unpaired) electrons. The summed E-state index contributed by atoms with van der Waals surface area (Å²) in [7, 11) is 0. The number of benzene rings is 8. The molecule has 0 bridgehead atoms. The van der Waals surface area contributed by atoms with Crippen LogP contribution in [-0.2, 0) is 6.54 Å². The molecular weight excluding hydrogens is 581 g/mol. The van der Waals surface area contributed by atoms with Gasteiger partial charge in [0, 0.05) is 5.70 Å². The number of fused-ring (bicyclic) bond motifs is 6. The van der Waals surface area contributed by atoms with Gasteiger partial charge in [-0.05, 0) is 89.5 Å². The summed E-state index contributed by atoms with van der Waals surface area (Å²) >= 11 is 0. The molecule has 8 rings (SSSR count). The van der Waals surface area contributed by atoms with E-state index in [0.29, 0.717) is 12.2 Å². The third-order valence-electron chi connectivity index (χ3n) is 9.10. The van der Waals surface area contributed by atoms with Crippen molar-refractivity contribution in [2.75, 3.05) is 0 Å². The highest BCUT2D eigenvalue weighted by molar-refractivity contribution is 6.28. The lowest BCUT2D eigenvalue weighted by Crippen LogP contribution is -2.04. The molecular formula is C46H34N2. The lowest BCUT2D eigenvalue weighted by atomic mass is 9.89. The minimum atomic E-state index is 0.540. The first-order chi connectivity index (χ1) is 23.7. The van der Waals surface area contributed by atoms with Gasteiger partial charge in [-0.1, -0.05) is 164 Å². The average Bonchev–Trinajstić information content (AvgIpc) is 3.17. The molecule has 0 atom stereocenters. The molecule has 0 aliphatic heterocycles. The fourth-order valence-corrected chi connectivity index (χ4v) is 6.78. The van der Waals surface area contributed by atoms with Gasteiger partial charge in [-0.15, -0.1) is 0 Å². The van der Waals surface area contributed by atoms with Gasteiger partial charge in [0.1, 0.15) is 0 Å². The Balaban J connectivity index is 1.17. The van der Waals surface area contributed by atoms with Gasteiger partial charge in [-0.3, -0.25) is 4.99 Å². The number of nitrogens with two attached hydrogens (primary N) is 1. The van der Waals surface area contributed by atoms with Crippen molar-refractivity contribution in [3.63, 3.8) is 0 Å². The normalized spacial score (nSPS) is 12.2. The summed E-state index contributed by atoms with van der Waals surface area (Å²) in [4.78, 5) is 5.08. The minimum absolute atomic E-state index is 0.540. The smallest absolute Gasteiger partial charge is 0.0671 e.